The standard InChI is InChI=1S/C17H20O10/c1-23-9-5-8-7(3-4-11(19)25-8)15(24-2)16(9)27-17-14(22)13(21)12(20)10(6-18)26-17/h3-5,10,12-14,17-18,20-22H,6H2,1-2H3. The lowest BCUT2D eigenvalue weighted by Gasteiger charge is -2.39. The largest absolute Gasteiger partial charge is 0.493 e. The molecule has 27 heavy (non-hydrogen) atoms. The number of methoxy groups -OCH3 is 2. The maximum Gasteiger partial charge on any atom is 0.336 e. The molecule has 1 aliphatic heterocycles. The van der Waals surface area contributed by atoms with Crippen LogP contribution in [-0.4, -0.2) is 72.0 Å². The minimum Gasteiger partial charge on any atom is -0.493 e. The normalized spacial score (nSPS) is 28.1. The number of benzene rings is 1. The summed E-state index contributed by atoms with van der Waals surface area (Å²) in [5.74, 6) is 0.279. The average molecular weight is 384 g/mol. The number of aliphatic hydroxyl groups excluding tert-OH is 4. The fourth-order valence-electron chi connectivity index (χ4n) is 2.89. The Balaban J connectivity index is 2.05. The van der Waals surface area contributed by atoms with E-state index in [1.165, 1.54) is 32.4 Å². The first-order valence-electron chi connectivity index (χ1n) is 8.07. The summed E-state index contributed by atoms with van der Waals surface area (Å²) in [6.45, 7) is -0.595. The van der Waals surface area contributed by atoms with Crippen LogP contribution in [-0.2, 0) is 4.74 Å². The van der Waals surface area contributed by atoms with E-state index in [4.69, 9.17) is 23.4 Å². The van der Waals surface area contributed by atoms with E-state index in [-0.39, 0.29) is 22.8 Å². The van der Waals surface area contributed by atoms with Crippen LogP contribution in [0.2, 0.25) is 0 Å². The molecule has 5 unspecified atom stereocenters. The van der Waals surface area contributed by atoms with E-state index in [0.29, 0.717) is 5.39 Å². The lowest BCUT2D eigenvalue weighted by Crippen LogP contribution is -2.60. The van der Waals surface area contributed by atoms with E-state index in [2.05, 4.69) is 0 Å². The molecule has 10 heteroatoms. The van der Waals surface area contributed by atoms with Crippen molar-refractivity contribution in [2.24, 2.45) is 0 Å². The highest BCUT2D eigenvalue weighted by Crippen LogP contribution is 2.44. The van der Waals surface area contributed by atoms with Gasteiger partial charge in [0.1, 0.15) is 30.0 Å². The van der Waals surface area contributed by atoms with Crippen LogP contribution in [0, 0.1) is 0 Å². The minimum absolute atomic E-state index is 0.0191. The van der Waals surface area contributed by atoms with Crippen LogP contribution in [0.15, 0.2) is 27.4 Å². The predicted octanol–water partition coefficient (Wildman–Crippen LogP) is -1.01. The van der Waals surface area contributed by atoms with Crippen molar-refractivity contribution < 1.29 is 43.8 Å². The van der Waals surface area contributed by atoms with E-state index >= 15 is 0 Å². The van der Waals surface area contributed by atoms with Crippen molar-refractivity contribution in [3.05, 3.63) is 28.6 Å². The summed E-state index contributed by atoms with van der Waals surface area (Å²) in [5, 5.41) is 39.7. The second-order valence-electron chi connectivity index (χ2n) is 5.92. The van der Waals surface area contributed by atoms with E-state index in [1.54, 1.807) is 0 Å². The molecule has 1 aromatic heterocycles. The van der Waals surface area contributed by atoms with Gasteiger partial charge in [-0.2, -0.15) is 0 Å². The Bertz CT molecular complexity index is 861. The van der Waals surface area contributed by atoms with Gasteiger partial charge in [0.2, 0.25) is 12.0 Å². The molecule has 10 nitrogen and oxygen atoms in total. The smallest absolute Gasteiger partial charge is 0.336 e. The Morgan fingerprint density at radius 2 is 1.78 bits per heavy atom. The third kappa shape index (κ3) is 3.45. The molecule has 148 valence electrons. The molecule has 0 spiro atoms. The maximum atomic E-state index is 11.5. The summed E-state index contributed by atoms with van der Waals surface area (Å²) in [7, 11) is 2.71. The van der Waals surface area contributed by atoms with Crippen LogP contribution in [0.25, 0.3) is 11.0 Å². The van der Waals surface area contributed by atoms with Crippen LogP contribution >= 0.6 is 0 Å². The molecule has 0 aliphatic carbocycles. The van der Waals surface area contributed by atoms with Gasteiger partial charge in [-0.25, -0.2) is 4.79 Å². The fraction of sp³-hybridized carbons (Fsp3) is 0.471. The van der Waals surface area contributed by atoms with Gasteiger partial charge in [-0.15, -0.1) is 0 Å². The van der Waals surface area contributed by atoms with E-state index < -0.39 is 42.9 Å². The van der Waals surface area contributed by atoms with E-state index in [9.17, 15) is 25.2 Å². The fourth-order valence-corrected chi connectivity index (χ4v) is 2.89. The summed E-state index contributed by atoms with van der Waals surface area (Å²) < 4.78 is 26.7. The summed E-state index contributed by atoms with van der Waals surface area (Å²) in [4.78, 5) is 11.5. The van der Waals surface area contributed by atoms with Crippen molar-refractivity contribution in [2.45, 2.75) is 30.7 Å². The highest BCUT2D eigenvalue weighted by Gasteiger charge is 2.45. The molecule has 1 saturated heterocycles. The van der Waals surface area contributed by atoms with Crippen molar-refractivity contribution in [1.29, 1.82) is 0 Å². The Labute approximate surface area is 153 Å². The lowest BCUT2D eigenvalue weighted by atomic mass is 9.99. The summed E-state index contributed by atoms with van der Waals surface area (Å²) in [6, 6.07) is 4.08. The van der Waals surface area contributed by atoms with Crippen LogP contribution in [0.5, 0.6) is 17.2 Å². The van der Waals surface area contributed by atoms with E-state index in [0.717, 1.165) is 0 Å². The molecule has 4 N–H and O–H groups in total. The molecule has 0 saturated carbocycles. The van der Waals surface area contributed by atoms with Crippen molar-refractivity contribution >= 4 is 11.0 Å². The molecule has 0 radical (unpaired) electrons. The average Bonchev–Trinajstić information content (AvgIpc) is 2.67. The molecule has 1 aromatic carbocycles. The Kier molecular flexibility index (Phi) is 5.53. The number of fused-ring (bicyclic) bond motifs is 1. The number of aliphatic hydroxyl groups is 4. The van der Waals surface area contributed by atoms with Gasteiger partial charge in [-0.1, -0.05) is 0 Å². The highest BCUT2D eigenvalue weighted by molar-refractivity contribution is 5.89. The second kappa shape index (κ2) is 7.71. The Morgan fingerprint density at radius 1 is 1.04 bits per heavy atom. The maximum absolute atomic E-state index is 11.5. The van der Waals surface area contributed by atoms with Crippen molar-refractivity contribution in [3.63, 3.8) is 0 Å². The van der Waals surface area contributed by atoms with Crippen molar-refractivity contribution in [3.8, 4) is 17.2 Å². The quantitative estimate of drug-likeness (QED) is 0.473. The monoisotopic (exact) mass is 384 g/mol. The number of hydrogen-bond acceptors (Lipinski definition) is 10. The zero-order valence-electron chi connectivity index (χ0n) is 14.6. The zero-order chi connectivity index (χ0) is 19.7. The molecule has 5 atom stereocenters. The predicted molar refractivity (Wildman–Crippen MR) is 90.0 cm³/mol. The second-order valence-corrected chi connectivity index (χ2v) is 5.92. The molecular formula is C17H20O10. The topological polar surface area (TPSA) is 148 Å². The number of hydrogen-bond donors (Lipinski definition) is 4. The van der Waals surface area contributed by atoms with E-state index in [1.807, 2.05) is 0 Å². The van der Waals surface area contributed by atoms with Crippen LogP contribution in [0.1, 0.15) is 0 Å². The molecule has 0 amide bonds. The minimum atomic E-state index is -1.61. The van der Waals surface area contributed by atoms with Crippen molar-refractivity contribution in [1.82, 2.24) is 0 Å². The molecular weight excluding hydrogens is 364 g/mol. The van der Waals surface area contributed by atoms with Crippen molar-refractivity contribution in [2.75, 3.05) is 20.8 Å². The first kappa shape index (κ1) is 19.4. The molecule has 0 bridgehead atoms. The zero-order valence-corrected chi connectivity index (χ0v) is 14.6. The van der Waals surface area contributed by atoms with Crippen LogP contribution < -0.4 is 19.8 Å². The third-order valence-corrected chi connectivity index (χ3v) is 4.31. The summed E-state index contributed by atoms with van der Waals surface area (Å²) in [6.07, 6.45) is -7.29. The lowest BCUT2D eigenvalue weighted by molar-refractivity contribution is -0.277. The Morgan fingerprint density at radius 3 is 2.41 bits per heavy atom. The molecule has 3 rings (SSSR count). The van der Waals surface area contributed by atoms with Crippen LogP contribution in [0.3, 0.4) is 0 Å². The summed E-state index contributed by atoms with van der Waals surface area (Å²) >= 11 is 0. The van der Waals surface area contributed by atoms with Crippen LogP contribution in [0.4, 0.5) is 0 Å². The van der Waals surface area contributed by atoms with Gasteiger partial charge in [-0.3, -0.25) is 0 Å². The first-order valence-corrected chi connectivity index (χ1v) is 8.07. The van der Waals surface area contributed by atoms with Gasteiger partial charge in [0.05, 0.1) is 26.2 Å². The van der Waals surface area contributed by atoms with Gasteiger partial charge in [-0.05, 0) is 6.07 Å². The van der Waals surface area contributed by atoms with Gasteiger partial charge < -0.3 is 43.8 Å². The molecule has 1 aliphatic rings. The SMILES string of the molecule is COc1cc2oc(=O)ccc2c(OC)c1OC1OC(CO)C(O)C(O)C1O. The molecule has 2 heterocycles. The number of rotatable bonds is 5. The molecule has 1 fully saturated rings. The van der Waals surface area contributed by atoms with Gasteiger partial charge in [0, 0.05) is 12.1 Å². The molecule has 2 aromatic rings. The number of ether oxygens (including phenoxy) is 4. The van der Waals surface area contributed by atoms with Gasteiger partial charge in [0.25, 0.3) is 0 Å². The Hall–Kier alpha value is -2.37. The first-order chi connectivity index (χ1) is 12.9. The highest BCUT2D eigenvalue weighted by atomic mass is 16.7. The van der Waals surface area contributed by atoms with Gasteiger partial charge >= 0.3 is 5.63 Å². The summed E-state index contributed by atoms with van der Waals surface area (Å²) in [5.41, 5.74) is -0.369. The van der Waals surface area contributed by atoms with Gasteiger partial charge in [0.15, 0.2) is 11.5 Å². The third-order valence-electron chi connectivity index (χ3n) is 4.31.